The lowest BCUT2D eigenvalue weighted by molar-refractivity contribution is -0.161. The van der Waals surface area contributed by atoms with Crippen LogP contribution in [0, 0.1) is 5.41 Å². The van der Waals surface area contributed by atoms with E-state index in [4.69, 9.17) is 0 Å². The van der Waals surface area contributed by atoms with Crippen molar-refractivity contribution in [1.82, 2.24) is 9.80 Å². The molecular formula is C15H24N2O2. The molecule has 4 nitrogen and oxygen atoms in total. The Kier molecular flexibility index (Phi) is 2.88. The maximum atomic E-state index is 12.7. The standard InChI is InChI=1S/C15H24N2O2/c1-10-13(18)16-8-4-5-12(16)14(19)17(10)11-6-7-15(2,3)9-11/h10-12H,4-9H2,1-3H3. The predicted molar refractivity (Wildman–Crippen MR) is 72.5 cm³/mol. The van der Waals surface area contributed by atoms with Crippen molar-refractivity contribution < 1.29 is 9.59 Å². The first kappa shape index (κ1) is 12.9. The number of amides is 2. The summed E-state index contributed by atoms with van der Waals surface area (Å²) in [7, 11) is 0. The van der Waals surface area contributed by atoms with Gasteiger partial charge in [-0.25, -0.2) is 0 Å². The topological polar surface area (TPSA) is 40.6 Å². The van der Waals surface area contributed by atoms with Gasteiger partial charge >= 0.3 is 0 Å². The maximum absolute atomic E-state index is 12.7. The maximum Gasteiger partial charge on any atom is 0.246 e. The molecule has 0 radical (unpaired) electrons. The lowest BCUT2D eigenvalue weighted by Gasteiger charge is -2.44. The van der Waals surface area contributed by atoms with Gasteiger partial charge in [0.25, 0.3) is 0 Å². The summed E-state index contributed by atoms with van der Waals surface area (Å²) in [5.74, 6) is 0.360. The molecule has 2 saturated heterocycles. The summed E-state index contributed by atoms with van der Waals surface area (Å²) in [6.45, 7) is 7.19. The van der Waals surface area contributed by atoms with E-state index in [0.717, 1.165) is 38.6 Å². The van der Waals surface area contributed by atoms with Gasteiger partial charge in [0.15, 0.2) is 0 Å². The number of nitrogens with zero attached hydrogens (tertiary/aromatic N) is 2. The van der Waals surface area contributed by atoms with Crippen LogP contribution in [0.2, 0.25) is 0 Å². The SMILES string of the molecule is CC1C(=O)N2CCCC2C(=O)N1C1CCC(C)(C)C1. The minimum atomic E-state index is -0.263. The summed E-state index contributed by atoms with van der Waals surface area (Å²) in [6.07, 6.45) is 5.05. The second-order valence-corrected chi connectivity index (χ2v) is 7.17. The lowest BCUT2D eigenvalue weighted by Crippen LogP contribution is -2.64. The molecule has 0 aromatic heterocycles. The molecule has 0 aromatic carbocycles. The lowest BCUT2D eigenvalue weighted by atomic mass is 9.91. The minimum Gasteiger partial charge on any atom is -0.329 e. The Balaban J connectivity index is 1.84. The largest absolute Gasteiger partial charge is 0.329 e. The van der Waals surface area contributed by atoms with E-state index in [0.29, 0.717) is 5.41 Å². The molecule has 0 bridgehead atoms. The fraction of sp³-hybridized carbons (Fsp3) is 0.867. The monoisotopic (exact) mass is 264 g/mol. The number of piperazine rings is 1. The van der Waals surface area contributed by atoms with Crippen molar-refractivity contribution in [3.8, 4) is 0 Å². The fourth-order valence-electron chi connectivity index (χ4n) is 4.14. The summed E-state index contributed by atoms with van der Waals surface area (Å²) in [4.78, 5) is 28.8. The summed E-state index contributed by atoms with van der Waals surface area (Å²) >= 11 is 0. The zero-order valence-corrected chi connectivity index (χ0v) is 12.2. The molecule has 19 heavy (non-hydrogen) atoms. The van der Waals surface area contributed by atoms with Crippen molar-refractivity contribution in [3.63, 3.8) is 0 Å². The third-order valence-corrected chi connectivity index (χ3v) is 5.19. The Labute approximate surface area is 115 Å². The quantitative estimate of drug-likeness (QED) is 0.724. The second-order valence-electron chi connectivity index (χ2n) is 7.17. The summed E-state index contributed by atoms with van der Waals surface area (Å²) in [6, 6.07) is -0.155. The Morgan fingerprint density at radius 2 is 1.89 bits per heavy atom. The minimum absolute atomic E-state index is 0.159. The van der Waals surface area contributed by atoms with Crippen LogP contribution in [0.25, 0.3) is 0 Å². The second kappa shape index (κ2) is 4.22. The first-order chi connectivity index (χ1) is 8.91. The Morgan fingerprint density at radius 1 is 1.16 bits per heavy atom. The van der Waals surface area contributed by atoms with Crippen LogP contribution in [0.4, 0.5) is 0 Å². The van der Waals surface area contributed by atoms with Gasteiger partial charge in [-0.2, -0.15) is 0 Å². The van der Waals surface area contributed by atoms with E-state index < -0.39 is 0 Å². The molecule has 2 aliphatic heterocycles. The van der Waals surface area contributed by atoms with Gasteiger partial charge in [-0.15, -0.1) is 0 Å². The molecule has 3 fully saturated rings. The van der Waals surface area contributed by atoms with Crippen LogP contribution in [-0.2, 0) is 9.59 Å². The van der Waals surface area contributed by atoms with Gasteiger partial charge in [-0.1, -0.05) is 13.8 Å². The van der Waals surface area contributed by atoms with Crippen LogP contribution >= 0.6 is 0 Å². The van der Waals surface area contributed by atoms with Crippen molar-refractivity contribution in [2.75, 3.05) is 6.54 Å². The average Bonchev–Trinajstić information content (AvgIpc) is 2.93. The zero-order chi connectivity index (χ0) is 13.8. The Hall–Kier alpha value is -1.06. The first-order valence-corrected chi connectivity index (χ1v) is 7.53. The number of hydrogen-bond acceptors (Lipinski definition) is 2. The van der Waals surface area contributed by atoms with E-state index in [2.05, 4.69) is 13.8 Å². The van der Waals surface area contributed by atoms with Crippen LogP contribution in [0.5, 0.6) is 0 Å². The van der Waals surface area contributed by atoms with Crippen LogP contribution < -0.4 is 0 Å². The molecule has 0 aromatic rings. The van der Waals surface area contributed by atoms with Crippen LogP contribution in [0.1, 0.15) is 52.9 Å². The Bertz CT molecular complexity index is 418. The molecule has 3 atom stereocenters. The van der Waals surface area contributed by atoms with E-state index in [1.54, 1.807) is 0 Å². The van der Waals surface area contributed by atoms with Crippen molar-refractivity contribution >= 4 is 11.8 Å². The highest BCUT2D eigenvalue weighted by atomic mass is 16.2. The van der Waals surface area contributed by atoms with Gasteiger partial charge in [0, 0.05) is 12.6 Å². The molecule has 3 unspecified atom stereocenters. The van der Waals surface area contributed by atoms with E-state index in [9.17, 15) is 9.59 Å². The van der Waals surface area contributed by atoms with Gasteiger partial charge in [0.05, 0.1) is 0 Å². The highest BCUT2D eigenvalue weighted by Crippen LogP contribution is 2.41. The highest BCUT2D eigenvalue weighted by Gasteiger charge is 2.49. The molecule has 2 heterocycles. The van der Waals surface area contributed by atoms with Gasteiger partial charge < -0.3 is 9.80 Å². The van der Waals surface area contributed by atoms with Crippen molar-refractivity contribution in [2.24, 2.45) is 5.41 Å². The molecule has 3 aliphatic rings. The smallest absolute Gasteiger partial charge is 0.246 e. The van der Waals surface area contributed by atoms with Crippen LogP contribution in [0.15, 0.2) is 0 Å². The summed E-state index contributed by atoms with van der Waals surface area (Å²) < 4.78 is 0. The molecule has 2 amide bonds. The fourth-order valence-corrected chi connectivity index (χ4v) is 4.14. The Morgan fingerprint density at radius 3 is 2.53 bits per heavy atom. The van der Waals surface area contributed by atoms with E-state index in [1.165, 1.54) is 0 Å². The van der Waals surface area contributed by atoms with E-state index in [1.807, 2.05) is 16.7 Å². The summed E-state index contributed by atoms with van der Waals surface area (Å²) in [5.41, 5.74) is 0.306. The van der Waals surface area contributed by atoms with Gasteiger partial charge in [0.1, 0.15) is 12.1 Å². The molecule has 1 aliphatic carbocycles. The van der Waals surface area contributed by atoms with E-state index in [-0.39, 0.29) is 29.9 Å². The first-order valence-electron chi connectivity index (χ1n) is 7.53. The molecule has 0 N–H and O–H groups in total. The molecule has 3 rings (SSSR count). The third kappa shape index (κ3) is 1.96. The van der Waals surface area contributed by atoms with Gasteiger partial charge in [-0.05, 0) is 44.4 Å². The van der Waals surface area contributed by atoms with Gasteiger partial charge in [0.2, 0.25) is 11.8 Å². The van der Waals surface area contributed by atoms with Crippen LogP contribution in [0.3, 0.4) is 0 Å². The number of fused-ring (bicyclic) bond motifs is 1. The normalized spacial score (nSPS) is 37.9. The number of carbonyl (C=O) groups excluding carboxylic acids is 2. The average molecular weight is 264 g/mol. The number of carbonyl (C=O) groups is 2. The highest BCUT2D eigenvalue weighted by molar-refractivity contribution is 5.97. The molecule has 106 valence electrons. The van der Waals surface area contributed by atoms with Gasteiger partial charge in [-0.3, -0.25) is 9.59 Å². The molecule has 0 spiro atoms. The molecular weight excluding hydrogens is 240 g/mol. The van der Waals surface area contributed by atoms with Crippen molar-refractivity contribution in [1.29, 1.82) is 0 Å². The molecule has 1 saturated carbocycles. The third-order valence-electron chi connectivity index (χ3n) is 5.19. The predicted octanol–water partition coefficient (Wildman–Crippen LogP) is 1.79. The number of hydrogen-bond donors (Lipinski definition) is 0. The summed E-state index contributed by atoms with van der Waals surface area (Å²) in [5, 5.41) is 0. The van der Waals surface area contributed by atoms with Crippen molar-refractivity contribution in [2.45, 2.75) is 71.0 Å². The van der Waals surface area contributed by atoms with Crippen molar-refractivity contribution in [3.05, 3.63) is 0 Å². The van der Waals surface area contributed by atoms with E-state index >= 15 is 0 Å². The zero-order valence-electron chi connectivity index (χ0n) is 12.2. The number of rotatable bonds is 1. The van der Waals surface area contributed by atoms with Crippen LogP contribution in [-0.4, -0.2) is 46.3 Å². The molecule has 4 heteroatoms.